The van der Waals surface area contributed by atoms with Gasteiger partial charge in [-0.2, -0.15) is 0 Å². The Morgan fingerprint density at radius 1 is 1.43 bits per heavy atom. The van der Waals surface area contributed by atoms with Crippen molar-refractivity contribution in [1.29, 1.82) is 0 Å². The van der Waals surface area contributed by atoms with Gasteiger partial charge in [-0.05, 0) is 6.42 Å². The standard InChI is InChI=1S/C10H14N4/c1-2-3-4-7-5-12-9-8(7)13-6-14-10(9)11/h5-7H,2-4H2,1H3,(H2,11,13,14). The van der Waals surface area contributed by atoms with E-state index in [4.69, 9.17) is 5.73 Å². The van der Waals surface area contributed by atoms with Gasteiger partial charge in [0.05, 0.1) is 5.69 Å². The highest BCUT2D eigenvalue weighted by Crippen LogP contribution is 2.35. The maximum absolute atomic E-state index is 5.70. The van der Waals surface area contributed by atoms with Crippen molar-refractivity contribution < 1.29 is 0 Å². The van der Waals surface area contributed by atoms with Crippen LogP contribution in [-0.2, 0) is 0 Å². The fourth-order valence-corrected chi connectivity index (χ4v) is 1.68. The fourth-order valence-electron chi connectivity index (χ4n) is 1.68. The van der Waals surface area contributed by atoms with Crippen molar-refractivity contribution in [3.05, 3.63) is 12.0 Å². The lowest BCUT2D eigenvalue weighted by Crippen LogP contribution is -2.00. The summed E-state index contributed by atoms with van der Waals surface area (Å²) in [7, 11) is 0. The summed E-state index contributed by atoms with van der Waals surface area (Å²) in [6.45, 7) is 2.18. The molecule has 0 amide bonds. The Bertz CT molecular complexity index is 359. The topological polar surface area (TPSA) is 64.2 Å². The van der Waals surface area contributed by atoms with E-state index < -0.39 is 0 Å². The Labute approximate surface area is 83.3 Å². The predicted octanol–water partition coefficient (Wildman–Crippen LogP) is 2.05. The van der Waals surface area contributed by atoms with Crippen LogP contribution in [0.2, 0.25) is 0 Å². The molecule has 1 aromatic rings. The molecular weight excluding hydrogens is 176 g/mol. The number of nitrogens with two attached hydrogens (primary N) is 1. The Kier molecular flexibility index (Phi) is 2.43. The van der Waals surface area contributed by atoms with Gasteiger partial charge in [0.25, 0.3) is 0 Å². The minimum Gasteiger partial charge on any atom is -0.382 e. The number of nitrogen functional groups attached to an aromatic ring is 1. The fraction of sp³-hybridized carbons (Fsp3) is 0.500. The molecule has 2 heterocycles. The summed E-state index contributed by atoms with van der Waals surface area (Å²) in [6, 6.07) is 0. The molecule has 1 atom stereocenters. The second-order valence-corrected chi connectivity index (χ2v) is 3.52. The van der Waals surface area contributed by atoms with Crippen molar-refractivity contribution in [3.63, 3.8) is 0 Å². The molecule has 1 aliphatic heterocycles. The lowest BCUT2D eigenvalue weighted by Gasteiger charge is -2.06. The maximum Gasteiger partial charge on any atom is 0.153 e. The Morgan fingerprint density at radius 3 is 3.07 bits per heavy atom. The molecule has 0 aliphatic carbocycles. The molecule has 1 unspecified atom stereocenters. The average Bonchev–Trinajstić information content (AvgIpc) is 2.60. The molecule has 2 N–H and O–H groups in total. The third-order valence-corrected chi connectivity index (χ3v) is 2.48. The summed E-state index contributed by atoms with van der Waals surface area (Å²) < 4.78 is 0. The van der Waals surface area contributed by atoms with Crippen LogP contribution in [-0.4, -0.2) is 16.2 Å². The second kappa shape index (κ2) is 3.74. The normalized spacial score (nSPS) is 18.5. The molecule has 4 nitrogen and oxygen atoms in total. The highest BCUT2D eigenvalue weighted by molar-refractivity contribution is 5.83. The van der Waals surface area contributed by atoms with Crippen molar-refractivity contribution >= 4 is 17.7 Å². The Hall–Kier alpha value is -1.45. The van der Waals surface area contributed by atoms with E-state index in [9.17, 15) is 0 Å². The van der Waals surface area contributed by atoms with E-state index in [0.29, 0.717) is 11.7 Å². The Balaban J connectivity index is 2.22. The summed E-state index contributed by atoms with van der Waals surface area (Å²) in [5.74, 6) is 0.834. The molecule has 74 valence electrons. The average molecular weight is 190 g/mol. The molecule has 0 bridgehead atoms. The van der Waals surface area contributed by atoms with Gasteiger partial charge in [-0.3, -0.25) is 4.99 Å². The van der Waals surface area contributed by atoms with Crippen LogP contribution in [0.15, 0.2) is 11.3 Å². The van der Waals surface area contributed by atoms with Crippen LogP contribution < -0.4 is 5.73 Å². The lowest BCUT2D eigenvalue weighted by molar-refractivity contribution is 0.685. The minimum absolute atomic E-state index is 0.343. The number of rotatable bonds is 3. The first kappa shape index (κ1) is 9.12. The van der Waals surface area contributed by atoms with Crippen molar-refractivity contribution in [3.8, 4) is 0 Å². The van der Waals surface area contributed by atoms with E-state index in [1.165, 1.54) is 19.2 Å². The molecular formula is C10H14N4. The molecule has 0 fully saturated rings. The van der Waals surface area contributed by atoms with E-state index >= 15 is 0 Å². The first-order valence-corrected chi connectivity index (χ1v) is 4.97. The summed E-state index contributed by atoms with van der Waals surface area (Å²) in [5, 5.41) is 0. The van der Waals surface area contributed by atoms with Gasteiger partial charge in [-0.25, -0.2) is 9.97 Å². The molecule has 1 aromatic heterocycles. The summed E-state index contributed by atoms with van der Waals surface area (Å²) in [5.41, 5.74) is 7.46. The van der Waals surface area contributed by atoms with Gasteiger partial charge in [-0.15, -0.1) is 0 Å². The minimum atomic E-state index is 0.343. The number of hydrogen-bond acceptors (Lipinski definition) is 4. The molecule has 1 aliphatic rings. The van der Waals surface area contributed by atoms with E-state index in [2.05, 4.69) is 21.9 Å². The number of nitrogens with zero attached hydrogens (tertiary/aromatic N) is 3. The van der Waals surface area contributed by atoms with Crippen molar-refractivity contribution in [2.24, 2.45) is 4.99 Å². The van der Waals surface area contributed by atoms with Crippen molar-refractivity contribution in [2.45, 2.75) is 32.1 Å². The van der Waals surface area contributed by atoms with E-state index in [1.54, 1.807) is 0 Å². The zero-order valence-electron chi connectivity index (χ0n) is 8.27. The number of fused-ring (bicyclic) bond motifs is 1. The molecule has 0 spiro atoms. The van der Waals surface area contributed by atoms with Gasteiger partial charge in [0, 0.05) is 12.1 Å². The number of hydrogen-bond donors (Lipinski definition) is 1. The Morgan fingerprint density at radius 2 is 2.29 bits per heavy atom. The van der Waals surface area contributed by atoms with Gasteiger partial charge in [-0.1, -0.05) is 19.8 Å². The van der Waals surface area contributed by atoms with Crippen LogP contribution in [0.5, 0.6) is 0 Å². The predicted molar refractivity (Wildman–Crippen MR) is 56.9 cm³/mol. The zero-order chi connectivity index (χ0) is 9.97. The molecule has 14 heavy (non-hydrogen) atoms. The molecule has 4 heteroatoms. The number of aliphatic imine (C=N–C) groups is 1. The monoisotopic (exact) mass is 190 g/mol. The SMILES string of the molecule is CCCCC1C=Nc2c(N)ncnc21. The number of anilines is 1. The second-order valence-electron chi connectivity index (χ2n) is 3.52. The maximum atomic E-state index is 5.70. The summed E-state index contributed by atoms with van der Waals surface area (Å²) >= 11 is 0. The van der Waals surface area contributed by atoms with Gasteiger partial charge in [0.15, 0.2) is 5.82 Å². The largest absolute Gasteiger partial charge is 0.382 e. The van der Waals surface area contributed by atoms with E-state index in [0.717, 1.165) is 17.8 Å². The van der Waals surface area contributed by atoms with Crippen LogP contribution in [0.25, 0.3) is 0 Å². The third kappa shape index (κ3) is 1.47. The zero-order valence-corrected chi connectivity index (χ0v) is 8.27. The van der Waals surface area contributed by atoms with Crippen molar-refractivity contribution in [1.82, 2.24) is 9.97 Å². The highest BCUT2D eigenvalue weighted by atomic mass is 15.0. The van der Waals surface area contributed by atoms with Crippen LogP contribution >= 0.6 is 0 Å². The van der Waals surface area contributed by atoms with Crippen LogP contribution in [0.4, 0.5) is 11.5 Å². The van der Waals surface area contributed by atoms with Gasteiger partial charge >= 0.3 is 0 Å². The quantitative estimate of drug-likeness (QED) is 0.793. The smallest absolute Gasteiger partial charge is 0.153 e. The van der Waals surface area contributed by atoms with E-state index in [1.807, 2.05) is 6.21 Å². The van der Waals surface area contributed by atoms with E-state index in [-0.39, 0.29) is 0 Å². The molecule has 0 saturated carbocycles. The van der Waals surface area contributed by atoms with Gasteiger partial charge < -0.3 is 5.73 Å². The first-order valence-electron chi connectivity index (χ1n) is 4.97. The van der Waals surface area contributed by atoms with Crippen molar-refractivity contribution in [2.75, 3.05) is 5.73 Å². The third-order valence-electron chi connectivity index (χ3n) is 2.48. The molecule has 2 rings (SSSR count). The van der Waals surface area contributed by atoms with Gasteiger partial charge in [0.1, 0.15) is 12.0 Å². The lowest BCUT2D eigenvalue weighted by atomic mass is 10.0. The first-order chi connectivity index (χ1) is 6.83. The summed E-state index contributed by atoms with van der Waals surface area (Å²) in [4.78, 5) is 12.4. The number of aromatic nitrogens is 2. The highest BCUT2D eigenvalue weighted by Gasteiger charge is 2.21. The molecule has 0 aromatic carbocycles. The molecule has 0 saturated heterocycles. The number of unbranched alkanes of at least 4 members (excludes halogenated alkanes) is 1. The van der Waals surface area contributed by atoms with Crippen LogP contribution in [0.3, 0.4) is 0 Å². The summed E-state index contributed by atoms with van der Waals surface area (Å²) in [6.07, 6.45) is 6.94. The van der Waals surface area contributed by atoms with Crippen LogP contribution in [0.1, 0.15) is 37.8 Å². The molecule has 0 radical (unpaired) electrons. The van der Waals surface area contributed by atoms with Crippen LogP contribution in [0, 0.1) is 0 Å². The van der Waals surface area contributed by atoms with Gasteiger partial charge in [0.2, 0.25) is 0 Å².